The van der Waals surface area contributed by atoms with Crippen molar-refractivity contribution in [3.63, 3.8) is 0 Å². The lowest BCUT2D eigenvalue weighted by Gasteiger charge is -2.11. The monoisotopic (exact) mass is 564 g/mol. The van der Waals surface area contributed by atoms with Crippen LogP contribution in [-0.2, 0) is 11.3 Å². The van der Waals surface area contributed by atoms with Crippen molar-refractivity contribution in [3.8, 4) is 5.75 Å². The molecule has 0 radical (unpaired) electrons. The summed E-state index contributed by atoms with van der Waals surface area (Å²) in [5, 5.41) is 21.6. The number of nitrogens with two attached hydrogens (primary N) is 1. The molecule has 3 amide bonds. The smallest absolute Gasteiger partial charge is 0.475 e. The number of aromatic nitrogens is 2. The number of urea groups is 1. The van der Waals surface area contributed by atoms with Crippen molar-refractivity contribution in [1.29, 1.82) is 0 Å². The van der Waals surface area contributed by atoms with Crippen LogP contribution in [0, 0.1) is 0 Å². The maximum absolute atomic E-state index is 12.3. The highest BCUT2D eigenvalue weighted by atomic mass is 35.5. The number of alkyl halides is 5. The van der Waals surface area contributed by atoms with Crippen LogP contribution < -0.4 is 26.4 Å². The van der Waals surface area contributed by atoms with Gasteiger partial charge in [-0.2, -0.15) is 27.1 Å². The number of ether oxygens (including phenoxy) is 1. The van der Waals surface area contributed by atoms with E-state index in [4.69, 9.17) is 27.2 Å². The second-order valence-electron chi connectivity index (χ2n) is 6.98. The number of aromatic amines is 1. The van der Waals surface area contributed by atoms with E-state index in [-0.39, 0.29) is 16.5 Å². The van der Waals surface area contributed by atoms with Crippen molar-refractivity contribution in [1.82, 2.24) is 10.2 Å². The van der Waals surface area contributed by atoms with Gasteiger partial charge in [0.2, 0.25) is 0 Å². The first-order valence-electron chi connectivity index (χ1n) is 10.0. The summed E-state index contributed by atoms with van der Waals surface area (Å²) in [7, 11) is 0. The highest BCUT2D eigenvalue weighted by Gasteiger charge is 2.38. The van der Waals surface area contributed by atoms with E-state index in [2.05, 4.69) is 30.9 Å². The van der Waals surface area contributed by atoms with E-state index in [1.54, 1.807) is 18.2 Å². The van der Waals surface area contributed by atoms with E-state index < -0.39 is 30.7 Å². The lowest BCUT2D eigenvalue weighted by atomic mass is 10.2. The number of hydrogen-bond donors (Lipinski definition) is 6. The highest BCUT2D eigenvalue weighted by Crippen LogP contribution is 2.29. The van der Waals surface area contributed by atoms with Crippen LogP contribution in [-0.4, -0.2) is 46.0 Å². The molecule has 0 aliphatic rings. The number of carbonyl (C=O) groups excluding carboxylic acids is 2. The van der Waals surface area contributed by atoms with Crippen molar-refractivity contribution in [2.24, 2.45) is 5.73 Å². The van der Waals surface area contributed by atoms with E-state index in [9.17, 15) is 31.5 Å². The van der Waals surface area contributed by atoms with Gasteiger partial charge < -0.3 is 31.5 Å². The average Bonchev–Trinajstić information content (AvgIpc) is 3.28. The number of rotatable bonds is 8. The minimum Gasteiger partial charge on any atom is -0.475 e. The van der Waals surface area contributed by atoms with Crippen molar-refractivity contribution < 1.29 is 46.2 Å². The first kappa shape index (κ1) is 29.6. The Morgan fingerprint density at radius 2 is 1.74 bits per heavy atom. The Hall–Kier alpha value is -4.60. The number of H-pyrrole nitrogens is 1. The quantitative estimate of drug-likeness (QED) is 0.216. The number of halogens is 6. The van der Waals surface area contributed by atoms with Crippen LogP contribution in [0.3, 0.4) is 0 Å². The first-order valence-corrected chi connectivity index (χ1v) is 10.4. The molecular formula is C21H18ClF5N6O5. The van der Waals surface area contributed by atoms with E-state index in [0.29, 0.717) is 23.6 Å². The normalized spacial score (nSPS) is 10.7. The fourth-order valence-corrected chi connectivity index (χ4v) is 2.85. The third-order valence-corrected chi connectivity index (χ3v) is 4.50. The van der Waals surface area contributed by atoms with E-state index in [0.717, 1.165) is 5.56 Å². The molecule has 0 aliphatic heterocycles. The molecule has 2 aromatic carbocycles. The maximum Gasteiger partial charge on any atom is 0.490 e. The SMILES string of the molecule is NC(=O)c1[nH]ncc1NCc1cccc(NC(=O)Nc2ccc(OC(F)F)c(Cl)c2)c1.O=C(O)C(F)(F)F. The van der Waals surface area contributed by atoms with Crippen molar-refractivity contribution in [2.45, 2.75) is 19.3 Å². The number of aliphatic carboxylic acids is 1. The number of carboxylic acid groups (broad SMARTS) is 1. The molecule has 0 fully saturated rings. The topological polar surface area (TPSA) is 171 Å². The Labute approximate surface area is 215 Å². The molecular weight excluding hydrogens is 547 g/mol. The minimum absolute atomic E-state index is 0.0688. The van der Waals surface area contributed by atoms with Crippen molar-refractivity contribution in [3.05, 3.63) is 64.9 Å². The van der Waals surface area contributed by atoms with Gasteiger partial charge in [0.05, 0.1) is 16.9 Å². The number of amides is 3. The second-order valence-corrected chi connectivity index (χ2v) is 7.39. The Morgan fingerprint density at radius 1 is 1.11 bits per heavy atom. The molecule has 11 nitrogen and oxygen atoms in total. The molecule has 7 N–H and O–H groups in total. The molecule has 0 saturated carbocycles. The van der Waals surface area contributed by atoms with Gasteiger partial charge in [-0.15, -0.1) is 0 Å². The lowest BCUT2D eigenvalue weighted by molar-refractivity contribution is -0.192. The van der Waals surface area contributed by atoms with E-state index in [1.165, 1.54) is 24.4 Å². The Balaban J connectivity index is 0.000000638. The fourth-order valence-electron chi connectivity index (χ4n) is 2.63. The van der Waals surface area contributed by atoms with Crippen LogP contribution >= 0.6 is 11.6 Å². The molecule has 0 spiro atoms. The van der Waals surface area contributed by atoms with Crippen LogP contribution in [0.1, 0.15) is 16.1 Å². The molecule has 0 atom stereocenters. The van der Waals surface area contributed by atoms with Gasteiger partial charge in [-0.3, -0.25) is 9.89 Å². The Kier molecular flexibility index (Phi) is 10.2. The van der Waals surface area contributed by atoms with Gasteiger partial charge in [0, 0.05) is 17.9 Å². The predicted octanol–water partition coefficient (Wildman–Crippen LogP) is 4.65. The third kappa shape index (κ3) is 9.45. The van der Waals surface area contributed by atoms with E-state index in [1.807, 2.05) is 6.07 Å². The van der Waals surface area contributed by atoms with Crippen molar-refractivity contribution in [2.75, 3.05) is 16.0 Å². The van der Waals surface area contributed by atoms with Gasteiger partial charge in [0.15, 0.2) is 0 Å². The van der Waals surface area contributed by atoms with Gasteiger partial charge in [0.1, 0.15) is 11.4 Å². The van der Waals surface area contributed by atoms with Gasteiger partial charge >= 0.3 is 24.8 Å². The number of carbonyl (C=O) groups is 3. The molecule has 1 heterocycles. The summed E-state index contributed by atoms with van der Waals surface area (Å²) in [5.41, 5.74) is 7.48. The Morgan fingerprint density at radius 3 is 2.29 bits per heavy atom. The molecule has 0 bridgehead atoms. The molecule has 3 rings (SSSR count). The van der Waals surface area contributed by atoms with Gasteiger partial charge in [-0.1, -0.05) is 23.7 Å². The van der Waals surface area contributed by atoms with Gasteiger partial charge in [0.25, 0.3) is 5.91 Å². The van der Waals surface area contributed by atoms with Gasteiger partial charge in [-0.05, 0) is 35.9 Å². The number of anilines is 3. The Bertz CT molecular complexity index is 1290. The zero-order chi connectivity index (χ0) is 28.5. The zero-order valence-electron chi connectivity index (χ0n) is 18.8. The summed E-state index contributed by atoms with van der Waals surface area (Å²) in [6, 6.07) is 10.3. The first-order chi connectivity index (χ1) is 17.8. The minimum atomic E-state index is -5.08. The molecule has 204 valence electrons. The van der Waals surface area contributed by atoms with Crippen LogP contribution in [0.15, 0.2) is 48.7 Å². The molecule has 0 saturated heterocycles. The fraction of sp³-hybridized carbons (Fsp3) is 0.143. The standard InChI is InChI=1S/C19H17ClF2N6O3.C2HF3O2/c20-13-7-12(4-5-15(13)31-18(21)22)27-19(30)26-11-3-1-2-10(6-11)8-24-14-9-25-28-16(14)17(23)29;3-2(4,5)1(6)7/h1-7,9,18,24H,8H2,(H2,23,29)(H,25,28)(H2,26,27,30);(H,6,7). The molecule has 38 heavy (non-hydrogen) atoms. The van der Waals surface area contributed by atoms with Crippen LogP contribution in [0.5, 0.6) is 5.75 Å². The number of hydrogen-bond acceptors (Lipinski definition) is 6. The molecule has 3 aromatic rings. The van der Waals surface area contributed by atoms with Crippen LogP contribution in [0.2, 0.25) is 5.02 Å². The molecule has 1 aromatic heterocycles. The lowest BCUT2D eigenvalue weighted by Crippen LogP contribution is -2.21. The van der Waals surface area contributed by atoms with Crippen LogP contribution in [0.25, 0.3) is 0 Å². The summed E-state index contributed by atoms with van der Waals surface area (Å²) in [5.74, 6) is -3.59. The van der Waals surface area contributed by atoms with Crippen LogP contribution in [0.4, 0.5) is 43.8 Å². The summed E-state index contributed by atoms with van der Waals surface area (Å²) < 4.78 is 60.6. The average molecular weight is 565 g/mol. The predicted molar refractivity (Wildman–Crippen MR) is 125 cm³/mol. The molecule has 0 aliphatic carbocycles. The zero-order valence-corrected chi connectivity index (χ0v) is 19.5. The summed E-state index contributed by atoms with van der Waals surface area (Å²) >= 11 is 5.87. The summed E-state index contributed by atoms with van der Waals surface area (Å²) in [4.78, 5) is 32.4. The van der Waals surface area contributed by atoms with Crippen molar-refractivity contribution >= 4 is 46.6 Å². The van der Waals surface area contributed by atoms with E-state index >= 15 is 0 Å². The number of nitrogens with zero attached hydrogens (tertiary/aromatic N) is 1. The second kappa shape index (κ2) is 13.1. The number of benzene rings is 2. The largest absolute Gasteiger partial charge is 0.490 e. The molecule has 0 unspecified atom stereocenters. The summed E-state index contributed by atoms with van der Waals surface area (Å²) in [6.45, 7) is -2.66. The van der Waals surface area contributed by atoms with Gasteiger partial charge in [-0.25, -0.2) is 9.59 Å². The number of carboxylic acids is 1. The maximum atomic E-state index is 12.3. The number of nitrogens with one attached hydrogen (secondary N) is 4. The summed E-state index contributed by atoms with van der Waals surface area (Å²) in [6.07, 6.45) is -3.64. The third-order valence-electron chi connectivity index (χ3n) is 4.20. The number of primary amides is 1. The highest BCUT2D eigenvalue weighted by molar-refractivity contribution is 6.32. The molecule has 17 heteroatoms.